The Morgan fingerprint density at radius 3 is 2.88 bits per heavy atom. The second-order valence-corrected chi connectivity index (χ2v) is 3.71. The quantitative estimate of drug-likeness (QED) is 0.851. The van der Waals surface area contributed by atoms with Crippen molar-refractivity contribution in [2.45, 2.75) is 26.5 Å². The highest BCUT2D eigenvalue weighted by Crippen LogP contribution is 2.23. The molecule has 0 spiro atoms. The van der Waals surface area contributed by atoms with Crippen LogP contribution in [0.4, 0.5) is 0 Å². The standard InChI is InChI=1S/C12H15N3O/c1-3-15-11(5-7-14-15)12(16)10-8-13-6-4-9(10)2/h4-8,12,16H,3H2,1-2H3. The third kappa shape index (κ3) is 1.84. The molecule has 0 aromatic carbocycles. The van der Waals surface area contributed by atoms with E-state index in [2.05, 4.69) is 10.1 Å². The zero-order valence-electron chi connectivity index (χ0n) is 9.46. The summed E-state index contributed by atoms with van der Waals surface area (Å²) in [5.41, 5.74) is 2.67. The summed E-state index contributed by atoms with van der Waals surface area (Å²) in [5.74, 6) is 0. The molecule has 1 N–H and O–H groups in total. The van der Waals surface area contributed by atoms with Gasteiger partial charge in [0, 0.05) is 30.7 Å². The van der Waals surface area contributed by atoms with Crippen molar-refractivity contribution in [2.75, 3.05) is 0 Å². The average molecular weight is 217 g/mol. The monoisotopic (exact) mass is 217 g/mol. The Hall–Kier alpha value is -1.68. The molecule has 2 heterocycles. The van der Waals surface area contributed by atoms with Gasteiger partial charge in [-0.15, -0.1) is 0 Å². The van der Waals surface area contributed by atoms with E-state index in [1.54, 1.807) is 23.3 Å². The molecule has 0 saturated heterocycles. The third-order valence-electron chi connectivity index (χ3n) is 2.70. The maximum Gasteiger partial charge on any atom is 0.122 e. The Kier molecular flexibility index (Phi) is 3.01. The SMILES string of the molecule is CCn1nccc1C(O)c1cnccc1C. The second kappa shape index (κ2) is 4.45. The first-order valence-corrected chi connectivity index (χ1v) is 5.34. The first-order valence-electron chi connectivity index (χ1n) is 5.34. The minimum atomic E-state index is -0.656. The second-order valence-electron chi connectivity index (χ2n) is 3.71. The summed E-state index contributed by atoms with van der Waals surface area (Å²) in [7, 11) is 0. The molecule has 0 fully saturated rings. The fourth-order valence-corrected chi connectivity index (χ4v) is 1.76. The van der Waals surface area contributed by atoms with Gasteiger partial charge in [0.25, 0.3) is 0 Å². The molecule has 0 aliphatic rings. The molecule has 2 aromatic rings. The lowest BCUT2D eigenvalue weighted by Gasteiger charge is -2.14. The Morgan fingerprint density at radius 2 is 2.19 bits per heavy atom. The molecule has 4 nitrogen and oxygen atoms in total. The molecule has 0 bridgehead atoms. The number of aryl methyl sites for hydroxylation is 2. The molecule has 2 rings (SSSR count). The predicted molar refractivity (Wildman–Crippen MR) is 60.9 cm³/mol. The minimum absolute atomic E-state index is 0.656. The Labute approximate surface area is 94.6 Å². The number of aliphatic hydroxyl groups excluding tert-OH is 1. The maximum atomic E-state index is 10.3. The van der Waals surface area contributed by atoms with Crippen molar-refractivity contribution in [1.82, 2.24) is 14.8 Å². The van der Waals surface area contributed by atoms with E-state index in [0.29, 0.717) is 0 Å². The van der Waals surface area contributed by atoms with Crippen LogP contribution in [0.1, 0.15) is 29.8 Å². The van der Waals surface area contributed by atoms with Gasteiger partial charge in [0.2, 0.25) is 0 Å². The van der Waals surface area contributed by atoms with E-state index in [9.17, 15) is 5.11 Å². The molecule has 2 aromatic heterocycles. The highest BCUT2D eigenvalue weighted by atomic mass is 16.3. The number of hydrogen-bond acceptors (Lipinski definition) is 3. The van der Waals surface area contributed by atoms with Gasteiger partial charge in [0.05, 0.1) is 5.69 Å². The molecule has 1 atom stereocenters. The molecule has 4 heteroatoms. The Balaban J connectivity index is 2.39. The Bertz CT molecular complexity index is 479. The fraction of sp³-hybridized carbons (Fsp3) is 0.333. The van der Waals surface area contributed by atoms with Crippen LogP contribution < -0.4 is 0 Å². The highest BCUT2D eigenvalue weighted by molar-refractivity contribution is 5.29. The molecule has 0 aliphatic carbocycles. The molecule has 1 unspecified atom stereocenters. The van der Waals surface area contributed by atoms with Crippen LogP contribution in [-0.2, 0) is 6.54 Å². The first-order chi connectivity index (χ1) is 7.74. The number of hydrogen-bond donors (Lipinski definition) is 1. The van der Waals surface area contributed by atoms with Crippen molar-refractivity contribution in [3.05, 3.63) is 47.5 Å². The summed E-state index contributed by atoms with van der Waals surface area (Å²) in [5, 5.41) is 14.4. The van der Waals surface area contributed by atoms with Gasteiger partial charge in [0.1, 0.15) is 6.10 Å². The molecular formula is C12H15N3O. The van der Waals surface area contributed by atoms with Crippen molar-refractivity contribution < 1.29 is 5.11 Å². The minimum Gasteiger partial charge on any atom is -0.382 e. The lowest BCUT2D eigenvalue weighted by atomic mass is 10.0. The van der Waals surface area contributed by atoms with Gasteiger partial charge in [-0.25, -0.2) is 0 Å². The highest BCUT2D eigenvalue weighted by Gasteiger charge is 2.16. The van der Waals surface area contributed by atoms with E-state index < -0.39 is 6.10 Å². The summed E-state index contributed by atoms with van der Waals surface area (Å²) in [4.78, 5) is 4.04. The zero-order valence-corrected chi connectivity index (χ0v) is 9.46. The summed E-state index contributed by atoms with van der Waals surface area (Å²) >= 11 is 0. The van der Waals surface area contributed by atoms with Crippen LogP contribution in [0.25, 0.3) is 0 Å². The third-order valence-corrected chi connectivity index (χ3v) is 2.70. The average Bonchev–Trinajstić information content (AvgIpc) is 2.77. The molecule has 0 aliphatic heterocycles. The summed E-state index contributed by atoms with van der Waals surface area (Å²) in [6.45, 7) is 4.71. The lowest BCUT2D eigenvalue weighted by molar-refractivity contribution is 0.207. The van der Waals surface area contributed by atoms with Gasteiger partial charge in [-0.3, -0.25) is 9.67 Å². The molecule has 0 radical (unpaired) electrons. The zero-order chi connectivity index (χ0) is 11.5. The molecule has 0 saturated carbocycles. The van der Waals surface area contributed by atoms with Crippen LogP contribution in [-0.4, -0.2) is 19.9 Å². The van der Waals surface area contributed by atoms with Crippen LogP contribution in [0.15, 0.2) is 30.7 Å². The van der Waals surface area contributed by atoms with E-state index in [1.165, 1.54) is 0 Å². The van der Waals surface area contributed by atoms with Crippen molar-refractivity contribution in [2.24, 2.45) is 0 Å². The van der Waals surface area contributed by atoms with Gasteiger partial charge >= 0.3 is 0 Å². The van der Waals surface area contributed by atoms with E-state index in [0.717, 1.165) is 23.4 Å². The van der Waals surface area contributed by atoms with Crippen molar-refractivity contribution in [3.63, 3.8) is 0 Å². The van der Waals surface area contributed by atoms with E-state index >= 15 is 0 Å². The van der Waals surface area contributed by atoms with E-state index in [1.807, 2.05) is 26.0 Å². The molecule has 0 amide bonds. The largest absolute Gasteiger partial charge is 0.382 e. The number of aromatic nitrogens is 3. The molecule has 16 heavy (non-hydrogen) atoms. The number of aliphatic hydroxyl groups is 1. The van der Waals surface area contributed by atoms with Gasteiger partial charge in [0.15, 0.2) is 0 Å². The fourth-order valence-electron chi connectivity index (χ4n) is 1.76. The van der Waals surface area contributed by atoms with Crippen molar-refractivity contribution in [3.8, 4) is 0 Å². The number of nitrogens with zero attached hydrogens (tertiary/aromatic N) is 3. The predicted octanol–water partition coefficient (Wildman–Crippen LogP) is 1.69. The number of rotatable bonds is 3. The van der Waals surface area contributed by atoms with Crippen molar-refractivity contribution in [1.29, 1.82) is 0 Å². The topological polar surface area (TPSA) is 50.9 Å². The smallest absolute Gasteiger partial charge is 0.122 e. The summed E-state index contributed by atoms with van der Waals surface area (Å²) < 4.78 is 1.79. The maximum absolute atomic E-state index is 10.3. The lowest BCUT2D eigenvalue weighted by Crippen LogP contribution is -2.10. The van der Waals surface area contributed by atoms with Crippen LogP contribution >= 0.6 is 0 Å². The van der Waals surface area contributed by atoms with E-state index in [4.69, 9.17) is 0 Å². The van der Waals surface area contributed by atoms with Crippen LogP contribution in [0, 0.1) is 6.92 Å². The van der Waals surface area contributed by atoms with E-state index in [-0.39, 0.29) is 0 Å². The van der Waals surface area contributed by atoms with Crippen LogP contribution in [0.3, 0.4) is 0 Å². The molecule has 84 valence electrons. The van der Waals surface area contributed by atoms with Crippen LogP contribution in [0.2, 0.25) is 0 Å². The first kappa shape index (κ1) is 10.8. The van der Waals surface area contributed by atoms with Crippen LogP contribution in [0.5, 0.6) is 0 Å². The summed E-state index contributed by atoms with van der Waals surface area (Å²) in [6, 6.07) is 3.73. The van der Waals surface area contributed by atoms with Gasteiger partial charge in [-0.05, 0) is 31.5 Å². The normalized spacial score (nSPS) is 12.7. The van der Waals surface area contributed by atoms with Gasteiger partial charge in [-0.1, -0.05) is 0 Å². The molecular weight excluding hydrogens is 202 g/mol. The van der Waals surface area contributed by atoms with Gasteiger partial charge in [-0.2, -0.15) is 5.10 Å². The van der Waals surface area contributed by atoms with Crippen molar-refractivity contribution >= 4 is 0 Å². The Morgan fingerprint density at radius 1 is 1.38 bits per heavy atom. The number of pyridine rings is 1. The van der Waals surface area contributed by atoms with Gasteiger partial charge < -0.3 is 5.11 Å². The summed E-state index contributed by atoms with van der Waals surface area (Å²) in [6.07, 6.45) is 4.47.